The predicted octanol–water partition coefficient (Wildman–Crippen LogP) is 4.10. The Balaban J connectivity index is 2.09. The lowest BCUT2D eigenvalue weighted by atomic mass is 10.1. The van der Waals surface area contributed by atoms with Crippen LogP contribution in [0, 0.1) is 5.82 Å². The monoisotopic (exact) mass is 259 g/mol. The number of hydrogen-bond acceptors (Lipinski definition) is 2. The molecule has 100 valence electrons. The van der Waals surface area contributed by atoms with Crippen molar-refractivity contribution in [1.82, 2.24) is 0 Å². The first-order valence-corrected chi connectivity index (χ1v) is 6.49. The number of nitrogens with one attached hydrogen (secondary N) is 1. The zero-order valence-electron chi connectivity index (χ0n) is 11.0. The molecular weight excluding hydrogens is 241 g/mol. The van der Waals surface area contributed by atoms with Gasteiger partial charge in [0.1, 0.15) is 11.6 Å². The molecule has 0 unspecified atom stereocenters. The van der Waals surface area contributed by atoms with E-state index in [9.17, 15) is 9.50 Å². The average molecular weight is 259 g/mol. The quantitative estimate of drug-likeness (QED) is 0.847. The Morgan fingerprint density at radius 3 is 2.68 bits per heavy atom. The highest BCUT2D eigenvalue weighted by Crippen LogP contribution is 2.19. The van der Waals surface area contributed by atoms with Crippen LogP contribution in [0.1, 0.15) is 24.5 Å². The molecule has 0 spiro atoms. The summed E-state index contributed by atoms with van der Waals surface area (Å²) in [5, 5.41) is 12.7. The maximum Gasteiger partial charge on any atom is 0.127 e. The van der Waals surface area contributed by atoms with E-state index in [-0.39, 0.29) is 5.75 Å². The van der Waals surface area contributed by atoms with Crippen LogP contribution in [-0.2, 0) is 13.0 Å². The van der Waals surface area contributed by atoms with E-state index in [0.29, 0.717) is 6.54 Å². The molecule has 0 fully saturated rings. The summed E-state index contributed by atoms with van der Waals surface area (Å²) < 4.78 is 13.2. The summed E-state index contributed by atoms with van der Waals surface area (Å²) in [7, 11) is 0. The molecule has 0 radical (unpaired) electrons. The summed E-state index contributed by atoms with van der Waals surface area (Å²) in [5.41, 5.74) is 3.04. The molecule has 0 saturated heterocycles. The Bertz CT molecular complexity index is 534. The van der Waals surface area contributed by atoms with Crippen LogP contribution < -0.4 is 5.32 Å². The van der Waals surface area contributed by atoms with E-state index in [0.717, 1.165) is 30.2 Å². The zero-order chi connectivity index (χ0) is 13.7. The summed E-state index contributed by atoms with van der Waals surface area (Å²) >= 11 is 0. The minimum atomic E-state index is -0.418. The van der Waals surface area contributed by atoms with Crippen LogP contribution in [-0.4, -0.2) is 5.11 Å². The van der Waals surface area contributed by atoms with Gasteiger partial charge in [-0.3, -0.25) is 0 Å². The summed E-state index contributed by atoms with van der Waals surface area (Å²) in [6.45, 7) is 2.63. The minimum Gasteiger partial charge on any atom is -0.508 e. The van der Waals surface area contributed by atoms with Crippen molar-refractivity contribution in [2.45, 2.75) is 26.3 Å². The van der Waals surface area contributed by atoms with Crippen LogP contribution in [0.25, 0.3) is 0 Å². The second kappa shape index (κ2) is 6.23. The van der Waals surface area contributed by atoms with Crippen molar-refractivity contribution in [3.8, 4) is 5.75 Å². The Labute approximate surface area is 112 Å². The number of hydrogen-bond donors (Lipinski definition) is 2. The predicted molar refractivity (Wildman–Crippen MR) is 75.8 cm³/mol. The highest BCUT2D eigenvalue weighted by atomic mass is 19.1. The highest BCUT2D eigenvalue weighted by molar-refractivity contribution is 5.51. The van der Waals surface area contributed by atoms with Gasteiger partial charge in [0.2, 0.25) is 0 Å². The molecule has 2 nitrogen and oxygen atoms in total. The lowest BCUT2D eigenvalue weighted by molar-refractivity contribution is 0.468. The second-order valence-electron chi connectivity index (χ2n) is 4.58. The number of aromatic hydroxyl groups is 1. The molecule has 0 atom stereocenters. The molecule has 2 rings (SSSR count). The SMILES string of the molecule is CCCc1ccccc1NCc1cc(O)cc(F)c1. The van der Waals surface area contributed by atoms with E-state index < -0.39 is 5.82 Å². The van der Waals surface area contributed by atoms with Crippen LogP contribution in [0.3, 0.4) is 0 Å². The van der Waals surface area contributed by atoms with E-state index in [4.69, 9.17) is 0 Å². The maximum atomic E-state index is 13.2. The number of benzene rings is 2. The first-order valence-electron chi connectivity index (χ1n) is 6.49. The molecule has 0 bridgehead atoms. The lowest BCUT2D eigenvalue weighted by Gasteiger charge is -2.11. The molecule has 0 aliphatic rings. The fraction of sp³-hybridized carbons (Fsp3) is 0.250. The second-order valence-corrected chi connectivity index (χ2v) is 4.58. The van der Waals surface area contributed by atoms with Gasteiger partial charge in [0.15, 0.2) is 0 Å². The van der Waals surface area contributed by atoms with Crippen LogP contribution in [0.4, 0.5) is 10.1 Å². The van der Waals surface area contributed by atoms with E-state index >= 15 is 0 Å². The van der Waals surface area contributed by atoms with E-state index in [2.05, 4.69) is 18.3 Å². The molecule has 0 aliphatic carbocycles. The summed E-state index contributed by atoms with van der Waals surface area (Å²) in [4.78, 5) is 0. The molecule has 0 aromatic heterocycles. The molecular formula is C16H18FNO. The van der Waals surface area contributed by atoms with Gasteiger partial charge in [-0.1, -0.05) is 31.5 Å². The van der Waals surface area contributed by atoms with Crippen LogP contribution in [0.15, 0.2) is 42.5 Å². The first-order chi connectivity index (χ1) is 9.19. The Kier molecular flexibility index (Phi) is 4.39. The van der Waals surface area contributed by atoms with Gasteiger partial charge < -0.3 is 10.4 Å². The van der Waals surface area contributed by atoms with E-state index in [1.807, 2.05) is 18.2 Å². The smallest absolute Gasteiger partial charge is 0.127 e. The van der Waals surface area contributed by atoms with Gasteiger partial charge in [0, 0.05) is 18.3 Å². The molecule has 19 heavy (non-hydrogen) atoms. The van der Waals surface area contributed by atoms with Crippen molar-refractivity contribution in [3.63, 3.8) is 0 Å². The summed E-state index contributed by atoms with van der Waals surface area (Å²) in [6, 6.07) is 12.2. The molecule has 2 N–H and O–H groups in total. The van der Waals surface area contributed by atoms with Gasteiger partial charge in [-0.05, 0) is 35.7 Å². The van der Waals surface area contributed by atoms with Crippen molar-refractivity contribution in [2.24, 2.45) is 0 Å². The average Bonchev–Trinajstić information content (AvgIpc) is 2.37. The standard InChI is InChI=1S/C16H18FNO/c1-2-5-13-6-3-4-7-16(13)18-11-12-8-14(17)10-15(19)9-12/h3-4,6-10,18-19H,2,5,11H2,1H3. The maximum absolute atomic E-state index is 13.2. The Morgan fingerprint density at radius 1 is 1.16 bits per heavy atom. The number of phenols is 1. The van der Waals surface area contributed by atoms with Gasteiger partial charge in [0.05, 0.1) is 0 Å². The fourth-order valence-corrected chi connectivity index (χ4v) is 2.11. The van der Waals surface area contributed by atoms with Gasteiger partial charge in [-0.25, -0.2) is 4.39 Å². The number of phenolic OH excluding ortho intramolecular Hbond substituents is 1. The molecule has 0 heterocycles. The number of anilines is 1. The van der Waals surface area contributed by atoms with Crippen molar-refractivity contribution in [3.05, 3.63) is 59.4 Å². The summed E-state index contributed by atoms with van der Waals surface area (Å²) in [5.74, 6) is -0.461. The Morgan fingerprint density at radius 2 is 1.95 bits per heavy atom. The third-order valence-corrected chi connectivity index (χ3v) is 2.96. The molecule has 3 heteroatoms. The van der Waals surface area contributed by atoms with E-state index in [1.54, 1.807) is 6.07 Å². The number of aryl methyl sites for hydroxylation is 1. The molecule has 0 aliphatic heterocycles. The molecule has 0 amide bonds. The topological polar surface area (TPSA) is 32.3 Å². The van der Waals surface area contributed by atoms with Crippen molar-refractivity contribution in [2.75, 3.05) is 5.32 Å². The van der Waals surface area contributed by atoms with Gasteiger partial charge in [-0.2, -0.15) is 0 Å². The Hall–Kier alpha value is -2.03. The van der Waals surface area contributed by atoms with Crippen molar-refractivity contribution in [1.29, 1.82) is 0 Å². The molecule has 0 saturated carbocycles. The van der Waals surface area contributed by atoms with Crippen molar-refractivity contribution >= 4 is 5.69 Å². The number of rotatable bonds is 5. The first kappa shape index (κ1) is 13.4. The number of para-hydroxylation sites is 1. The lowest BCUT2D eigenvalue weighted by Crippen LogP contribution is -2.02. The largest absolute Gasteiger partial charge is 0.508 e. The van der Waals surface area contributed by atoms with Crippen molar-refractivity contribution < 1.29 is 9.50 Å². The molecule has 2 aromatic carbocycles. The van der Waals surface area contributed by atoms with Gasteiger partial charge in [0.25, 0.3) is 0 Å². The molecule has 2 aromatic rings. The third-order valence-electron chi connectivity index (χ3n) is 2.96. The third kappa shape index (κ3) is 3.71. The normalized spacial score (nSPS) is 10.4. The van der Waals surface area contributed by atoms with Crippen LogP contribution >= 0.6 is 0 Å². The van der Waals surface area contributed by atoms with Crippen LogP contribution in [0.2, 0.25) is 0 Å². The van der Waals surface area contributed by atoms with Crippen LogP contribution in [0.5, 0.6) is 5.75 Å². The zero-order valence-corrected chi connectivity index (χ0v) is 11.0. The van der Waals surface area contributed by atoms with Gasteiger partial charge in [-0.15, -0.1) is 0 Å². The van der Waals surface area contributed by atoms with E-state index in [1.165, 1.54) is 11.6 Å². The fourth-order valence-electron chi connectivity index (χ4n) is 2.11. The number of halogens is 1. The van der Waals surface area contributed by atoms with Gasteiger partial charge >= 0.3 is 0 Å². The highest BCUT2D eigenvalue weighted by Gasteiger charge is 2.03. The minimum absolute atomic E-state index is 0.0429. The summed E-state index contributed by atoms with van der Waals surface area (Å²) in [6.07, 6.45) is 2.09.